The molecule has 100 valence electrons. The second-order valence-corrected chi connectivity index (χ2v) is 6.04. The normalized spacial score (nSPS) is 18.2. The van der Waals surface area contributed by atoms with E-state index in [9.17, 15) is 4.79 Å². The van der Waals surface area contributed by atoms with Gasteiger partial charge in [-0.15, -0.1) is 0 Å². The fraction of sp³-hybridized carbons (Fsp3) is 0.692. The van der Waals surface area contributed by atoms with E-state index in [2.05, 4.69) is 36.5 Å². The largest absolute Gasteiger partial charge is 0.323 e. The molecule has 0 saturated carbocycles. The van der Waals surface area contributed by atoms with Gasteiger partial charge in [0.05, 0.1) is 17.4 Å². The maximum Gasteiger partial charge on any atom is 0.227 e. The molecule has 2 heterocycles. The topological polar surface area (TPSA) is 59.0 Å². The first kappa shape index (κ1) is 13.1. The van der Waals surface area contributed by atoms with Gasteiger partial charge < -0.3 is 10.6 Å². The molecule has 2 N–H and O–H groups in total. The van der Waals surface area contributed by atoms with E-state index in [1.807, 2.05) is 17.8 Å². The van der Waals surface area contributed by atoms with Gasteiger partial charge in [0.1, 0.15) is 0 Å². The maximum absolute atomic E-state index is 12.0. The summed E-state index contributed by atoms with van der Waals surface area (Å²) in [5, 5.41) is 10.4. The summed E-state index contributed by atoms with van der Waals surface area (Å²) in [7, 11) is 0. The summed E-state index contributed by atoms with van der Waals surface area (Å²) in [6.07, 6.45) is 3.58. The lowest BCUT2D eigenvalue weighted by Crippen LogP contribution is -2.48. The smallest absolute Gasteiger partial charge is 0.227 e. The number of anilines is 1. The molecule has 0 spiro atoms. The number of rotatable bonds is 3. The van der Waals surface area contributed by atoms with Crippen LogP contribution in [0, 0.1) is 11.8 Å². The Morgan fingerprint density at radius 1 is 1.56 bits per heavy atom. The van der Waals surface area contributed by atoms with Crippen molar-refractivity contribution in [3.63, 3.8) is 0 Å². The highest BCUT2D eigenvalue weighted by Crippen LogP contribution is 2.19. The molecular formula is C13H22N4O. The van der Waals surface area contributed by atoms with Crippen LogP contribution >= 0.6 is 0 Å². The Balaban J connectivity index is 1.96. The van der Waals surface area contributed by atoms with Crippen LogP contribution in [0.2, 0.25) is 0 Å². The second kappa shape index (κ2) is 4.72. The van der Waals surface area contributed by atoms with Crippen LogP contribution in [0.15, 0.2) is 12.4 Å². The monoisotopic (exact) mass is 250 g/mol. The number of hydrogen-bond acceptors (Lipinski definition) is 3. The predicted octanol–water partition coefficient (Wildman–Crippen LogP) is 1.43. The van der Waals surface area contributed by atoms with Crippen molar-refractivity contribution < 1.29 is 4.79 Å². The number of carbonyl (C=O) groups excluding carboxylic acids is 1. The Hall–Kier alpha value is -1.36. The molecule has 1 fully saturated rings. The predicted molar refractivity (Wildman–Crippen MR) is 71.4 cm³/mol. The molecule has 1 aliphatic rings. The molecule has 1 atom stereocenters. The summed E-state index contributed by atoms with van der Waals surface area (Å²) < 4.78 is 1.86. The number of hydrogen-bond donors (Lipinski definition) is 2. The molecule has 1 unspecified atom stereocenters. The van der Waals surface area contributed by atoms with Gasteiger partial charge in [0.25, 0.3) is 0 Å². The van der Waals surface area contributed by atoms with Gasteiger partial charge in [0.15, 0.2) is 0 Å². The number of amides is 1. The van der Waals surface area contributed by atoms with Crippen LogP contribution in [0.25, 0.3) is 0 Å². The average molecular weight is 250 g/mol. The third kappa shape index (κ3) is 2.72. The molecule has 1 amide bonds. The number of carbonyl (C=O) groups is 1. The van der Waals surface area contributed by atoms with Crippen molar-refractivity contribution in [1.29, 1.82) is 0 Å². The van der Waals surface area contributed by atoms with Crippen LogP contribution in [-0.4, -0.2) is 28.8 Å². The molecule has 1 aromatic rings. The summed E-state index contributed by atoms with van der Waals surface area (Å²) in [6, 6.07) is 0. The van der Waals surface area contributed by atoms with Crippen LogP contribution in [-0.2, 0) is 10.3 Å². The first-order chi connectivity index (χ1) is 8.38. The van der Waals surface area contributed by atoms with E-state index in [0.29, 0.717) is 5.92 Å². The molecule has 0 bridgehead atoms. The van der Waals surface area contributed by atoms with Crippen molar-refractivity contribution in [3.05, 3.63) is 12.4 Å². The Morgan fingerprint density at radius 2 is 2.22 bits per heavy atom. The van der Waals surface area contributed by atoms with Crippen LogP contribution in [0.4, 0.5) is 5.69 Å². The minimum Gasteiger partial charge on any atom is -0.323 e. The highest BCUT2D eigenvalue weighted by molar-refractivity contribution is 5.92. The lowest BCUT2D eigenvalue weighted by molar-refractivity contribution is -0.121. The first-order valence-electron chi connectivity index (χ1n) is 6.44. The van der Waals surface area contributed by atoms with E-state index in [-0.39, 0.29) is 17.4 Å². The number of nitrogens with one attached hydrogen (secondary N) is 2. The van der Waals surface area contributed by atoms with Gasteiger partial charge in [-0.25, -0.2) is 0 Å². The third-order valence-corrected chi connectivity index (χ3v) is 3.47. The van der Waals surface area contributed by atoms with Crippen molar-refractivity contribution in [2.45, 2.75) is 33.2 Å². The standard InChI is InChI=1S/C13H22N4O/c1-9(10-5-14-6-10)12(18)16-11-7-15-17(8-11)13(2,3)4/h7-10,14H,5-6H2,1-4H3,(H,16,18). The summed E-state index contributed by atoms with van der Waals surface area (Å²) in [6.45, 7) is 10.1. The van der Waals surface area contributed by atoms with Gasteiger partial charge in [-0.1, -0.05) is 6.92 Å². The van der Waals surface area contributed by atoms with Gasteiger partial charge in [-0.05, 0) is 39.8 Å². The zero-order valence-corrected chi connectivity index (χ0v) is 11.5. The van der Waals surface area contributed by atoms with Gasteiger partial charge >= 0.3 is 0 Å². The van der Waals surface area contributed by atoms with Crippen LogP contribution in [0.5, 0.6) is 0 Å². The van der Waals surface area contributed by atoms with Gasteiger partial charge in [0, 0.05) is 12.1 Å². The molecule has 1 aliphatic heterocycles. The molecule has 5 heteroatoms. The van der Waals surface area contributed by atoms with Gasteiger partial charge in [0.2, 0.25) is 5.91 Å². The zero-order chi connectivity index (χ0) is 13.3. The van der Waals surface area contributed by atoms with E-state index in [1.54, 1.807) is 6.20 Å². The van der Waals surface area contributed by atoms with Crippen molar-refractivity contribution in [3.8, 4) is 0 Å². The van der Waals surface area contributed by atoms with E-state index < -0.39 is 0 Å². The Morgan fingerprint density at radius 3 is 2.67 bits per heavy atom. The van der Waals surface area contributed by atoms with Crippen LogP contribution in [0.3, 0.4) is 0 Å². The Labute approximate surface area is 108 Å². The molecule has 1 aromatic heterocycles. The fourth-order valence-electron chi connectivity index (χ4n) is 1.89. The lowest BCUT2D eigenvalue weighted by atomic mass is 9.88. The molecule has 1 saturated heterocycles. The highest BCUT2D eigenvalue weighted by atomic mass is 16.1. The van der Waals surface area contributed by atoms with Crippen LogP contribution in [0.1, 0.15) is 27.7 Å². The molecule has 0 radical (unpaired) electrons. The molecule has 0 aromatic carbocycles. The van der Waals surface area contributed by atoms with Crippen molar-refractivity contribution in [2.75, 3.05) is 18.4 Å². The van der Waals surface area contributed by atoms with Gasteiger partial charge in [-0.2, -0.15) is 5.10 Å². The summed E-state index contributed by atoms with van der Waals surface area (Å²) in [4.78, 5) is 12.0. The third-order valence-electron chi connectivity index (χ3n) is 3.47. The number of nitrogens with zero attached hydrogens (tertiary/aromatic N) is 2. The minimum atomic E-state index is -0.0630. The summed E-state index contributed by atoms with van der Waals surface area (Å²) in [5.41, 5.74) is 0.709. The summed E-state index contributed by atoms with van der Waals surface area (Å²) >= 11 is 0. The average Bonchev–Trinajstić information content (AvgIpc) is 2.62. The molecule has 0 aliphatic carbocycles. The Kier molecular flexibility index (Phi) is 3.43. The molecule has 2 rings (SSSR count). The summed E-state index contributed by atoms with van der Waals surface area (Å²) in [5.74, 6) is 0.585. The highest BCUT2D eigenvalue weighted by Gasteiger charge is 2.29. The Bertz CT molecular complexity index is 428. The quantitative estimate of drug-likeness (QED) is 0.853. The van der Waals surface area contributed by atoms with Gasteiger partial charge in [-0.3, -0.25) is 9.48 Å². The fourth-order valence-corrected chi connectivity index (χ4v) is 1.89. The van der Waals surface area contributed by atoms with E-state index >= 15 is 0 Å². The van der Waals surface area contributed by atoms with Crippen molar-refractivity contribution in [2.24, 2.45) is 11.8 Å². The SMILES string of the molecule is CC(C(=O)Nc1cnn(C(C)(C)C)c1)C1CNC1. The number of aromatic nitrogens is 2. The second-order valence-electron chi connectivity index (χ2n) is 6.04. The molecule has 18 heavy (non-hydrogen) atoms. The minimum absolute atomic E-state index is 0.0456. The maximum atomic E-state index is 12.0. The molecular weight excluding hydrogens is 228 g/mol. The van der Waals surface area contributed by atoms with E-state index in [1.165, 1.54) is 0 Å². The molecule has 5 nitrogen and oxygen atoms in total. The lowest BCUT2D eigenvalue weighted by Gasteiger charge is -2.31. The van der Waals surface area contributed by atoms with Crippen molar-refractivity contribution >= 4 is 11.6 Å². The zero-order valence-electron chi connectivity index (χ0n) is 11.5. The van der Waals surface area contributed by atoms with Crippen LogP contribution < -0.4 is 10.6 Å². The first-order valence-corrected chi connectivity index (χ1v) is 6.44. The van der Waals surface area contributed by atoms with E-state index in [0.717, 1.165) is 18.8 Å². The van der Waals surface area contributed by atoms with E-state index in [4.69, 9.17) is 0 Å². The van der Waals surface area contributed by atoms with Crippen molar-refractivity contribution in [1.82, 2.24) is 15.1 Å².